The minimum Gasteiger partial charge on any atom is -0.489 e. The van der Waals surface area contributed by atoms with E-state index in [9.17, 15) is 14.3 Å². The van der Waals surface area contributed by atoms with Gasteiger partial charge in [-0.1, -0.05) is 29.8 Å². The molecule has 0 bridgehead atoms. The molecular formula is C32H41ClFN3O4. The predicted molar refractivity (Wildman–Crippen MR) is 162 cm³/mol. The maximum Gasteiger partial charge on any atom is 0.225 e. The van der Waals surface area contributed by atoms with Crippen LogP contribution in [-0.4, -0.2) is 72.4 Å². The number of anilines is 1. The Morgan fingerprint density at radius 1 is 1.10 bits per heavy atom. The number of carbonyl (C=O) groups is 1. The summed E-state index contributed by atoms with van der Waals surface area (Å²) in [4.78, 5) is 18.1. The van der Waals surface area contributed by atoms with Crippen molar-refractivity contribution in [3.05, 3.63) is 71.0 Å². The second-order valence-corrected chi connectivity index (χ2v) is 12.3. The van der Waals surface area contributed by atoms with E-state index in [4.69, 9.17) is 16.3 Å². The van der Waals surface area contributed by atoms with Gasteiger partial charge >= 0.3 is 0 Å². The van der Waals surface area contributed by atoms with Crippen molar-refractivity contribution in [1.82, 2.24) is 10.2 Å². The lowest BCUT2D eigenvalue weighted by atomic mass is 10.0. The monoisotopic (exact) mass is 585 g/mol. The number of aliphatic hydroxyl groups is 1. The van der Waals surface area contributed by atoms with Gasteiger partial charge in [0, 0.05) is 31.4 Å². The number of amides is 1. The number of fused-ring (bicyclic) bond motifs is 1. The lowest BCUT2D eigenvalue weighted by Crippen LogP contribution is -2.46. The molecule has 2 heterocycles. The van der Waals surface area contributed by atoms with E-state index >= 15 is 0 Å². The van der Waals surface area contributed by atoms with Gasteiger partial charge in [-0.15, -0.1) is 0 Å². The molecule has 4 N–H and O–H groups in total. The molecule has 7 nitrogen and oxygen atoms in total. The third-order valence-electron chi connectivity index (χ3n) is 7.79. The summed E-state index contributed by atoms with van der Waals surface area (Å²) in [7, 11) is 0. The highest BCUT2D eigenvalue weighted by atomic mass is 35.5. The average molecular weight is 586 g/mol. The van der Waals surface area contributed by atoms with Gasteiger partial charge in [-0.2, -0.15) is 0 Å². The Balaban J connectivity index is 0.00000387. The summed E-state index contributed by atoms with van der Waals surface area (Å²) in [5, 5.41) is 15.7. The van der Waals surface area contributed by atoms with Gasteiger partial charge in [0.1, 0.15) is 18.2 Å². The predicted octanol–water partition coefficient (Wildman–Crippen LogP) is 4.61. The number of halogens is 2. The highest BCUT2D eigenvalue weighted by Gasteiger charge is 2.30. The van der Waals surface area contributed by atoms with Crippen LogP contribution in [0.1, 0.15) is 38.7 Å². The van der Waals surface area contributed by atoms with Gasteiger partial charge in [-0.3, -0.25) is 4.79 Å². The molecule has 2 saturated heterocycles. The van der Waals surface area contributed by atoms with E-state index in [1.165, 1.54) is 18.9 Å². The van der Waals surface area contributed by atoms with Crippen LogP contribution in [0.5, 0.6) is 5.75 Å². The third-order valence-corrected chi connectivity index (χ3v) is 8.09. The van der Waals surface area contributed by atoms with E-state index in [0.29, 0.717) is 23.7 Å². The SMILES string of the molecule is CC(C)(O)COc1ccc(C[C@@H](CN2CCCC2)NC(=O)[C@@H]2CCN(c3ccc4cc(F)ccc4c3)C2)cc1Cl.O. The summed E-state index contributed by atoms with van der Waals surface area (Å²) in [6, 6.07) is 16.5. The van der Waals surface area contributed by atoms with Gasteiger partial charge in [0.2, 0.25) is 5.91 Å². The zero-order valence-corrected chi connectivity index (χ0v) is 24.6. The summed E-state index contributed by atoms with van der Waals surface area (Å²) in [5.41, 5.74) is 1.15. The number of hydrogen-bond acceptors (Lipinski definition) is 5. The summed E-state index contributed by atoms with van der Waals surface area (Å²) < 4.78 is 19.3. The van der Waals surface area contributed by atoms with Crippen LogP contribution in [0, 0.1) is 11.7 Å². The number of ether oxygens (including phenoxy) is 1. The van der Waals surface area contributed by atoms with Gasteiger partial charge in [0.05, 0.1) is 16.5 Å². The molecule has 3 aromatic carbocycles. The molecule has 0 aliphatic carbocycles. The van der Waals surface area contributed by atoms with Crippen LogP contribution < -0.4 is 15.0 Å². The molecular weight excluding hydrogens is 545 g/mol. The molecule has 2 atom stereocenters. The van der Waals surface area contributed by atoms with Gasteiger partial charge in [-0.25, -0.2) is 4.39 Å². The van der Waals surface area contributed by atoms with E-state index < -0.39 is 5.60 Å². The Morgan fingerprint density at radius 3 is 2.56 bits per heavy atom. The molecule has 3 aromatic rings. The first-order chi connectivity index (χ1) is 19.1. The number of rotatable bonds is 10. The van der Waals surface area contributed by atoms with Gasteiger partial charge in [0.15, 0.2) is 0 Å². The number of nitrogens with zero attached hydrogens (tertiary/aromatic N) is 2. The normalized spacial score (nSPS) is 18.4. The van der Waals surface area contributed by atoms with Gasteiger partial charge in [0.25, 0.3) is 0 Å². The van der Waals surface area contributed by atoms with Crippen molar-refractivity contribution in [2.24, 2.45) is 5.92 Å². The molecule has 0 aromatic heterocycles. The van der Waals surface area contributed by atoms with Crippen LogP contribution in [-0.2, 0) is 11.2 Å². The van der Waals surface area contributed by atoms with Crippen molar-refractivity contribution in [2.75, 3.05) is 44.2 Å². The van der Waals surface area contributed by atoms with Crippen molar-refractivity contribution in [3.8, 4) is 5.75 Å². The number of nitrogens with one attached hydrogen (secondary N) is 1. The smallest absolute Gasteiger partial charge is 0.225 e. The highest BCUT2D eigenvalue weighted by Crippen LogP contribution is 2.29. The van der Waals surface area contributed by atoms with E-state index in [1.807, 2.05) is 30.3 Å². The largest absolute Gasteiger partial charge is 0.489 e. The van der Waals surface area contributed by atoms with Crippen molar-refractivity contribution < 1.29 is 24.5 Å². The quantitative estimate of drug-likeness (QED) is 0.362. The average Bonchev–Trinajstić information content (AvgIpc) is 3.60. The van der Waals surface area contributed by atoms with E-state index in [-0.39, 0.29) is 35.8 Å². The van der Waals surface area contributed by atoms with Crippen molar-refractivity contribution in [2.45, 2.75) is 51.2 Å². The van der Waals surface area contributed by atoms with Crippen LogP contribution in [0.25, 0.3) is 10.8 Å². The number of likely N-dealkylation sites (tertiary alicyclic amines) is 1. The summed E-state index contributed by atoms with van der Waals surface area (Å²) in [6.45, 7) is 7.91. The minimum absolute atomic E-state index is 0. The summed E-state index contributed by atoms with van der Waals surface area (Å²) in [6.07, 6.45) is 3.85. The second-order valence-electron chi connectivity index (χ2n) is 11.9. The molecule has 0 radical (unpaired) electrons. The van der Waals surface area contributed by atoms with Crippen LogP contribution in [0.4, 0.5) is 10.1 Å². The van der Waals surface area contributed by atoms with Crippen molar-refractivity contribution in [1.29, 1.82) is 0 Å². The Morgan fingerprint density at radius 2 is 1.83 bits per heavy atom. The third kappa shape index (κ3) is 8.32. The Kier molecular flexibility index (Phi) is 10.1. The van der Waals surface area contributed by atoms with Crippen LogP contribution in [0.2, 0.25) is 5.02 Å². The van der Waals surface area contributed by atoms with Crippen molar-refractivity contribution in [3.63, 3.8) is 0 Å². The molecule has 5 rings (SSSR count). The first kappa shape index (κ1) is 31.0. The van der Waals surface area contributed by atoms with Crippen LogP contribution in [0.15, 0.2) is 54.6 Å². The molecule has 0 spiro atoms. The van der Waals surface area contributed by atoms with E-state index in [2.05, 4.69) is 21.2 Å². The second kappa shape index (κ2) is 13.4. The maximum absolute atomic E-state index is 13.6. The minimum atomic E-state index is -0.948. The molecule has 9 heteroatoms. The van der Waals surface area contributed by atoms with E-state index in [0.717, 1.165) is 54.6 Å². The topological polar surface area (TPSA) is 96.5 Å². The standard InChI is InChI=1S/C32H39ClFN3O3.H2O/c1-32(2,39)21-40-30-10-5-22(16-29(30)33)15-27(20-36-12-3-4-13-36)35-31(38)25-11-14-37(19-25)28-9-7-23-17-26(34)8-6-24(23)18-28;/h5-10,16-18,25,27,39H,3-4,11-15,19-21H2,1-2H3,(H,35,38);1H2/t25-,27+;/m1./s1. The summed E-state index contributed by atoms with van der Waals surface area (Å²) in [5.74, 6) is 0.299. The molecule has 0 unspecified atom stereocenters. The zero-order chi connectivity index (χ0) is 28.3. The molecule has 0 saturated carbocycles. The van der Waals surface area contributed by atoms with Crippen LogP contribution >= 0.6 is 11.6 Å². The molecule has 222 valence electrons. The Bertz CT molecular complexity index is 1340. The zero-order valence-electron chi connectivity index (χ0n) is 23.8. The fourth-order valence-corrected chi connectivity index (χ4v) is 5.95. The number of carbonyl (C=O) groups excluding carboxylic acids is 1. The molecule has 2 aliphatic rings. The highest BCUT2D eigenvalue weighted by molar-refractivity contribution is 6.32. The fraction of sp³-hybridized carbons (Fsp3) is 0.469. The molecule has 2 fully saturated rings. The molecule has 1 amide bonds. The first-order valence-corrected chi connectivity index (χ1v) is 14.6. The summed E-state index contributed by atoms with van der Waals surface area (Å²) >= 11 is 6.51. The van der Waals surface area contributed by atoms with E-state index in [1.54, 1.807) is 26.0 Å². The first-order valence-electron chi connectivity index (χ1n) is 14.2. The van der Waals surface area contributed by atoms with Crippen LogP contribution in [0.3, 0.4) is 0 Å². The fourth-order valence-electron chi connectivity index (χ4n) is 5.69. The van der Waals surface area contributed by atoms with Gasteiger partial charge < -0.3 is 30.4 Å². The number of benzene rings is 3. The Hall–Kier alpha value is -2.91. The van der Waals surface area contributed by atoms with Gasteiger partial charge in [-0.05, 0) is 105 Å². The molecule has 41 heavy (non-hydrogen) atoms. The lowest BCUT2D eigenvalue weighted by molar-refractivity contribution is -0.125. The molecule has 2 aliphatic heterocycles. The lowest BCUT2D eigenvalue weighted by Gasteiger charge is -2.26. The maximum atomic E-state index is 13.6. The Labute approximate surface area is 246 Å². The van der Waals surface area contributed by atoms with Crippen molar-refractivity contribution >= 4 is 34.0 Å². The number of hydrogen-bond donors (Lipinski definition) is 2.